The second kappa shape index (κ2) is 10.6. The molecule has 2 N–H and O–H groups in total. The van der Waals surface area contributed by atoms with Crippen molar-refractivity contribution in [1.29, 1.82) is 0 Å². The molecular weight excluding hydrogens is 387 g/mol. The van der Waals surface area contributed by atoms with Gasteiger partial charge in [-0.1, -0.05) is 12.1 Å². The normalized spacial score (nSPS) is 11.5. The molecule has 1 aromatic carbocycles. The Labute approximate surface area is 174 Å². The lowest BCUT2D eigenvalue weighted by Gasteiger charge is -2.14. The van der Waals surface area contributed by atoms with Gasteiger partial charge in [0.05, 0.1) is 6.54 Å². The van der Waals surface area contributed by atoms with E-state index in [0.717, 1.165) is 34.8 Å². The summed E-state index contributed by atoms with van der Waals surface area (Å²) in [5.41, 5.74) is 3.08. The molecule has 2 aromatic heterocycles. The third kappa shape index (κ3) is 6.05. The lowest BCUT2D eigenvalue weighted by atomic mass is 10.1. The number of nitrogens with one attached hydrogen (secondary N) is 2. The molecule has 0 saturated carbocycles. The SMILES string of the molecule is CCNC(=NCc1ccc(-n2ccnc2)nc1)NCc1ccc(F)cc1CSC. The van der Waals surface area contributed by atoms with Gasteiger partial charge >= 0.3 is 0 Å². The Kier molecular flexibility index (Phi) is 7.63. The molecule has 0 fully saturated rings. The first-order valence-electron chi connectivity index (χ1n) is 9.41. The van der Waals surface area contributed by atoms with E-state index in [9.17, 15) is 4.39 Å². The lowest BCUT2D eigenvalue weighted by Crippen LogP contribution is -2.37. The van der Waals surface area contributed by atoms with Crippen molar-refractivity contribution in [2.75, 3.05) is 12.8 Å². The number of aliphatic imine (C=N–C) groups is 1. The summed E-state index contributed by atoms with van der Waals surface area (Å²) < 4.78 is 15.4. The highest BCUT2D eigenvalue weighted by molar-refractivity contribution is 7.97. The molecule has 0 aliphatic rings. The molecule has 8 heteroatoms. The van der Waals surface area contributed by atoms with Crippen molar-refractivity contribution in [1.82, 2.24) is 25.2 Å². The smallest absolute Gasteiger partial charge is 0.191 e. The van der Waals surface area contributed by atoms with Crippen molar-refractivity contribution in [2.24, 2.45) is 4.99 Å². The average molecular weight is 413 g/mol. The maximum atomic E-state index is 13.5. The summed E-state index contributed by atoms with van der Waals surface area (Å²) in [6.45, 7) is 3.87. The number of aromatic nitrogens is 3. The summed E-state index contributed by atoms with van der Waals surface area (Å²) in [6.07, 6.45) is 9.13. The Balaban J connectivity index is 1.64. The third-order valence-corrected chi connectivity index (χ3v) is 4.86. The first kappa shape index (κ1) is 20.9. The quantitative estimate of drug-likeness (QED) is 0.438. The Morgan fingerprint density at radius 2 is 2.10 bits per heavy atom. The van der Waals surface area contributed by atoms with Crippen LogP contribution < -0.4 is 10.6 Å². The highest BCUT2D eigenvalue weighted by Crippen LogP contribution is 2.16. The standard InChI is InChI=1S/C21H25FN6S/c1-3-24-21(27-13-17-5-6-19(22)10-18(17)14-29-2)26-12-16-4-7-20(25-11-16)28-9-8-23-15-28/h4-11,15H,3,12-14H2,1-2H3,(H2,24,26,27). The number of benzene rings is 1. The molecule has 0 unspecified atom stereocenters. The summed E-state index contributed by atoms with van der Waals surface area (Å²) in [4.78, 5) is 13.1. The predicted molar refractivity (Wildman–Crippen MR) is 117 cm³/mol. The molecule has 0 aliphatic carbocycles. The van der Waals surface area contributed by atoms with Crippen molar-refractivity contribution >= 4 is 17.7 Å². The van der Waals surface area contributed by atoms with Gasteiger partial charge in [0.1, 0.15) is 18.0 Å². The van der Waals surface area contributed by atoms with Gasteiger partial charge in [0.2, 0.25) is 0 Å². The monoisotopic (exact) mass is 412 g/mol. The van der Waals surface area contributed by atoms with Gasteiger partial charge in [-0.15, -0.1) is 0 Å². The van der Waals surface area contributed by atoms with Gasteiger partial charge in [-0.3, -0.25) is 4.57 Å². The van der Waals surface area contributed by atoms with Gasteiger partial charge in [-0.2, -0.15) is 11.8 Å². The van der Waals surface area contributed by atoms with E-state index in [0.29, 0.717) is 19.0 Å². The molecule has 0 saturated heterocycles. The summed E-state index contributed by atoms with van der Waals surface area (Å²) >= 11 is 1.68. The fourth-order valence-electron chi connectivity index (χ4n) is 2.81. The third-order valence-electron chi connectivity index (χ3n) is 4.26. The molecule has 0 aliphatic heterocycles. The second-order valence-corrected chi connectivity index (χ2v) is 7.26. The van der Waals surface area contributed by atoms with Crippen LogP contribution in [0.5, 0.6) is 0 Å². The molecule has 6 nitrogen and oxygen atoms in total. The van der Waals surface area contributed by atoms with Gasteiger partial charge in [0, 0.05) is 37.4 Å². The van der Waals surface area contributed by atoms with Crippen molar-refractivity contribution in [3.63, 3.8) is 0 Å². The first-order chi connectivity index (χ1) is 14.2. The maximum absolute atomic E-state index is 13.5. The number of guanidine groups is 1. The van der Waals surface area contributed by atoms with Crippen LogP contribution in [0.15, 0.2) is 60.2 Å². The molecule has 0 bridgehead atoms. The molecular formula is C21H25FN6S. The minimum atomic E-state index is -0.204. The number of imidazole rings is 1. The zero-order valence-corrected chi connectivity index (χ0v) is 17.4. The van der Waals surface area contributed by atoms with Crippen LogP contribution in [0.25, 0.3) is 5.82 Å². The summed E-state index contributed by atoms with van der Waals surface area (Å²) in [7, 11) is 0. The van der Waals surface area contributed by atoms with Crippen LogP contribution in [0, 0.1) is 5.82 Å². The van der Waals surface area contributed by atoms with Crippen LogP contribution in [0.4, 0.5) is 4.39 Å². The largest absolute Gasteiger partial charge is 0.357 e. The molecule has 0 radical (unpaired) electrons. The highest BCUT2D eigenvalue weighted by Gasteiger charge is 2.06. The van der Waals surface area contributed by atoms with Gasteiger partial charge in [0.15, 0.2) is 5.96 Å². The summed E-state index contributed by atoms with van der Waals surface area (Å²) in [6, 6.07) is 8.88. The predicted octanol–water partition coefficient (Wildman–Crippen LogP) is 3.52. The Morgan fingerprint density at radius 1 is 1.21 bits per heavy atom. The molecule has 152 valence electrons. The molecule has 29 heavy (non-hydrogen) atoms. The minimum absolute atomic E-state index is 0.204. The number of pyridine rings is 1. The Bertz CT molecular complexity index is 925. The minimum Gasteiger partial charge on any atom is -0.357 e. The fraction of sp³-hybridized carbons (Fsp3) is 0.286. The number of rotatable bonds is 8. The summed E-state index contributed by atoms with van der Waals surface area (Å²) in [5.74, 6) is 2.10. The van der Waals surface area contributed by atoms with E-state index in [1.54, 1.807) is 30.4 Å². The Morgan fingerprint density at radius 3 is 2.79 bits per heavy atom. The van der Waals surface area contributed by atoms with E-state index >= 15 is 0 Å². The number of thioether (sulfide) groups is 1. The van der Waals surface area contributed by atoms with Crippen molar-refractivity contribution < 1.29 is 4.39 Å². The molecule has 0 spiro atoms. The van der Waals surface area contributed by atoms with E-state index in [1.165, 1.54) is 6.07 Å². The Hall–Kier alpha value is -2.87. The molecule has 2 heterocycles. The van der Waals surface area contributed by atoms with Crippen molar-refractivity contribution in [2.45, 2.75) is 25.8 Å². The number of hydrogen-bond donors (Lipinski definition) is 2. The molecule has 0 atom stereocenters. The van der Waals surface area contributed by atoms with E-state index in [4.69, 9.17) is 0 Å². The van der Waals surface area contributed by atoms with Gasteiger partial charge in [0.25, 0.3) is 0 Å². The van der Waals surface area contributed by atoms with Gasteiger partial charge in [-0.25, -0.2) is 19.4 Å². The van der Waals surface area contributed by atoms with E-state index in [2.05, 4.69) is 25.6 Å². The lowest BCUT2D eigenvalue weighted by molar-refractivity contribution is 0.625. The van der Waals surface area contributed by atoms with Crippen molar-refractivity contribution in [3.8, 4) is 5.82 Å². The zero-order chi connectivity index (χ0) is 20.5. The molecule has 3 aromatic rings. The average Bonchev–Trinajstić information content (AvgIpc) is 3.27. The van der Waals surface area contributed by atoms with E-state index in [1.807, 2.05) is 48.3 Å². The van der Waals surface area contributed by atoms with Gasteiger partial charge < -0.3 is 10.6 Å². The number of hydrogen-bond acceptors (Lipinski definition) is 4. The van der Waals surface area contributed by atoms with E-state index < -0.39 is 0 Å². The molecule has 0 amide bonds. The van der Waals surface area contributed by atoms with Gasteiger partial charge in [-0.05, 0) is 48.1 Å². The number of halogens is 1. The van der Waals surface area contributed by atoms with Crippen LogP contribution in [0.1, 0.15) is 23.6 Å². The van der Waals surface area contributed by atoms with Crippen LogP contribution in [0.2, 0.25) is 0 Å². The highest BCUT2D eigenvalue weighted by atomic mass is 32.2. The fourth-order valence-corrected chi connectivity index (χ4v) is 3.39. The van der Waals surface area contributed by atoms with Crippen LogP contribution in [-0.4, -0.2) is 33.3 Å². The van der Waals surface area contributed by atoms with Crippen molar-refractivity contribution in [3.05, 3.63) is 77.8 Å². The summed E-state index contributed by atoms with van der Waals surface area (Å²) in [5, 5.41) is 6.58. The second-order valence-electron chi connectivity index (χ2n) is 6.39. The zero-order valence-electron chi connectivity index (χ0n) is 16.6. The first-order valence-corrected chi connectivity index (χ1v) is 10.8. The topological polar surface area (TPSA) is 67.1 Å². The van der Waals surface area contributed by atoms with E-state index in [-0.39, 0.29) is 5.82 Å². The van der Waals surface area contributed by atoms with Crippen LogP contribution in [0.3, 0.4) is 0 Å². The van der Waals surface area contributed by atoms with Crippen LogP contribution >= 0.6 is 11.8 Å². The maximum Gasteiger partial charge on any atom is 0.191 e. The number of nitrogens with zero attached hydrogens (tertiary/aromatic N) is 4. The molecule has 3 rings (SSSR count). The van der Waals surface area contributed by atoms with Crippen LogP contribution in [-0.2, 0) is 18.8 Å².